The molecule has 1 aliphatic carbocycles. The molecule has 0 bridgehead atoms. The van der Waals surface area contributed by atoms with Crippen molar-refractivity contribution in [2.24, 2.45) is 11.8 Å². The van der Waals surface area contributed by atoms with Crippen molar-refractivity contribution in [2.45, 2.75) is 32.2 Å². The van der Waals surface area contributed by atoms with Crippen LogP contribution in [0.3, 0.4) is 0 Å². The minimum absolute atomic E-state index is 0.306. The standard InChI is InChI=1S/C10H17NOS/c1-7-5-9(7)10(12)11-8-3-2-4-13-6-8/h7-9H,2-6H2,1H3,(H,11,12)/t7-,8?,9-/m0/s1. The summed E-state index contributed by atoms with van der Waals surface area (Å²) in [5.74, 6) is 3.67. The summed E-state index contributed by atoms with van der Waals surface area (Å²) in [4.78, 5) is 11.6. The van der Waals surface area contributed by atoms with Gasteiger partial charge in [0, 0.05) is 17.7 Å². The largest absolute Gasteiger partial charge is 0.352 e. The molecule has 0 aromatic carbocycles. The second-order valence-electron chi connectivity index (χ2n) is 4.24. The Morgan fingerprint density at radius 1 is 1.54 bits per heavy atom. The van der Waals surface area contributed by atoms with Gasteiger partial charge in [0.15, 0.2) is 0 Å². The van der Waals surface area contributed by atoms with Gasteiger partial charge in [-0.25, -0.2) is 0 Å². The van der Waals surface area contributed by atoms with Crippen molar-refractivity contribution in [3.05, 3.63) is 0 Å². The van der Waals surface area contributed by atoms with Crippen molar-refractivity contribution >= 4 is 17.7 Å². The maximum Gasteiger partial charge on any atom is 0.223 e. The molecule has 1 N–H and O–H groups in total. The highest BCUT2D eigenvalue weighted by Gasteiger charge is 2.39. The first-order valence-corrected chi connectivity index (χ1v) is 6.31. The number of carbonyl (C=O) groups is 1. The Morgan fingerprint density at radius 3 is 2.85 bits per heavy atom. The summed E-state index contributed by atoms with van der Waals surface area (Å²) in [6.45, 7) is 2.15. The van der Waals surface area contributed by atoms with E-state index in [-0.39, 0.29) is 0 Å². The maximum atomic E-state index is 11.6. The van der Waals surface area contributed by atoms with Crippen LogP contribution in [0.2, 0.25) is 0 Å². The molecule has 2 rings (SSSR count). The van der Waals surface area contributed by atoms with Gasteiger partial charge >= 0.3 is 0 Å². The lowest BCUT2D eigenvalue weighted by Gasteiger charge is -2.22. The van der Waals surface area contributed by atoms with Crippen LogP contribution in [-0.4, -0.2) is 23.5 Å². The first-order chi connectivity index (χ1) is 6.27. The number of thioether (sulfide) groups is 1. The number of amides is 1. The number of carbonyl (C=O) groups excluding carboxylic acids is 1. The van der Waals surface area contributed by atoms with Crippen molar-refractivity contribution < 1.29 is 4.79 Å². The fourth-order valence-corrected chi connectivity index (χ4v) is 2.92. The predicted octanol–water partition coefficient (Wildman–Crippen LogP) is 1.65. The van der Waals surface area contributed by atoms with Gasteiger partial charge < -0.3 is 5.32 Å². The summed E-state index contributed by atoms with van der Waals surface area (Å²) in [5, 5.41) is 3.15. The van der Waals surface area contributed by atoms with Crippen LogP contribution in [0.4, 0.5) is 0 Å². The van der Waals surface area contributed by atoms with Gasteiger partial charge in [0.05, 0.1) is 0 Å². The lowest BCUT2D eigenvalue weighted by molar-refractivity contribution is -0.123. The van der Waals surface area contributed by atoms with Crippen LogP contribution in [0.1, 0.15) is 26.2 Å². The predicted molar refractivity (Wildman–Crippen MR) is 55.8 cm³/mol. The maximum absolute atomic E-state index is 11.6. The van der Waals surface area contributed by atoms with Gasteiger partial charge in [-0.2, -0.15) is 11.8 Å². The Hall–Kier alpha value is -0.180. The second kappa shape index (κ2) is 3.91. The molecule has 1 aliphatic heterocycles. The van der Waals surface area contributed by atoms with Crippen LogP contribution in [0.5, 0.6) is 0 Å². The molecule has 2 aliphatic rings. The molecule has 1 saturated heterocycles. The van der Waals surface area contributed by atoms with E-state index in [2.05, 4.69) is 12.2 Å². The van der Waals surface area contributed by atoms with Crippen LogP contribution in [0.15, 0.2) is 0 Å². The molecule has 0 aromatic heterocycles. The fraction of sp³-hybridized carbons (Fsp3) is 0.900. The number of hydrogen-bond acceptors (Lipinski definition) is 2. The third kappa shape index (κ3) is 2.39. The Kier molecular flexibility index (Phi) is 2.82. The van der Waals surface area contributed by atoms with E-state index in [1.807, 2.05) is 11.8 Å². The van der Waals surface area contributed by atoms with Gasteiger partial charge in [-0.3, -0.25) is 4.79 Å². The van der Waals surface area contributed by atoms with Gasteiger partial charge in [-0.1, -0.05) is 6.92 Å². The highest BCUT2D eigenvalue weighted by Crippen LogP contribution is 2.37. The average Bonchev–Trinajstić information content (AvgIpc) is 2.84. The quantitative estimate of drug-likeness (QED) is 0.732. The van der Waals surface area contributed by atoms with E-state index < -0.39 is 0 Å². The average molecular weight is 199 g/mol. The Labute approximate surface area is 83.8 Å². The Bertz CT molecular complexity index is 201. The zero-order chi connectivity index (χ0) is 9.26. The minimum atomic E-state index is 0.306. The molecular formula is C10H17NOS. The molecule has 0 aromatic rings. The van der Waals surface area contributed by atoms with Crippen LogP contribution in [0.25, 0.3) is 0 Å². The van der Waals surface area contributed by atoms with Gasteiger partial charge in [-0.05, 0) is 30.9 Å². The van der Waals surface area contributed by atoms with Crippen molar-refractivity contribution in [2.75, 3.05) is 11.5 Å². The molecule has 2 nitrogen and oxygen atoms in total. The van der Waals surface area contributed by atoms with Crippen molar-refractivity contribution in [1.82, 2.24) is 5.32 Å². The van der Waals surface area contributed by atoms with E-state index in [1.165, 1.54) is 18.6 Å². The number of rotatable bonds is 2. The van der Waals surface area contributed by atoms with E-state index in [0.29, 0.717) is 23.8 Å². The van der Waals surface area contributed by atoms with Gasteiger partial charge in [-0.15, -0.1) is 0 Å². The topological polar surface area (TPSA) is 29.1 Å². The Morgan fingerprint density at radius 2 is 2.31 bits per heavy atom. The molecule has 0 radical (unpaired) electrons. The summed E-state index contributed by atoms with van der Waals surface area (Å²) in [7, 11) is 0. The van der Waals surface area contributed by atoms with E-state index in [0.717, 1.165) is 12.2 Å². The van der Waals surface area contributed by atoms with E-state index in [9.17, 15) is 4.79 Å². The molecule has 13 heavy (non-hydrogen) atoms. The smallest absolute Gasteiger partial charge is 0.223 e. The monoisotopic (exact) mass is 199 g/mol. The molecule has 1 saturated carbocycles. The number of hydrogen-bond donors (Lipinski definition) is 1. The lowest BCUT2D eigenvalue weighted by Crippen LogP contribution is -2.39. The highest BCUT2D eigenvalue weighted by molar-refractivity contribution is 7.99. The zero-order valence-electron chi connectivity index (χ0n) is 8.08. The fourth-order valence-electron chi connectivity index (χ4n) is 1.85. The summed E-state index contributed by atoms with van der Waals surface area (Å²) >= 11 is 1.96. The molecule has 74 valence electrons. The molecule has 1 amide bonds. The van der Waals surface area contributed by atoms with E-state index in [4.69, 9.17) is 0 Å². The van der Waals surface area contributed by atoms with Crippen LogP contribution >= 0.6 is 11.8 Å². The van der Waals surface area contributed by atoms with E-state index in [1.54, 1.807) is 0 Å². The normalized spacial score (nSPS) is 38.4. The van der Waals surface area contributed by atoms with Gasteiger partial charge in [0.1, 0.15) is 0 Å². The third-order valence-corrected chi connectivity index (χ3v) is 4.17. The number of nitrogens with one attached hydrogen (secondary N) is 1. The lowest BCUT2D eigenvalue weighted by atomic mass is 10.2. The molecule has 0 spiro atoms. The second-order valence-corrected chi connectivity index (χ2v) is 5.39. The van der Waals surface area contributed by atoms with Crippen molar-refractivity contribution in [1.29, 1.82) is 0 Å². The van der Waals surface area contributed by atoms with Crippen LogP contribution in [-0.2, 0) is 4.79 Å². The molecule has 1 unspecified atom stereocenters. The van der Waals surface area contributed by atoms with Gasteiger partial charge in [0.2, 0.25) is 5.91 Å². The first-order valence-electron chi connectivity index (χ1n) is 5.15. The van der Waals surface area contributed by atoms with Gasteiger partial charge in [0.25, 0.3) is 0 Å². The van der Waals surface area contributed by atoms with Crippen molar-refractivity contribution in [3.63, 3.8) is 0 Å². The highest BCUT2D eigenvalue weighted by atomic mass is 32.2. The summed E-state index contributed by atoms with van der Waals surface area (Å²) < 4.78 is 0. The molecular weight excluding hydrogens is 182 g/mol. The van der Waals surface area contributed by atoms with Crippen LogP contribution < -0.4 is 5.32 Å². The summed E-state index contributed by atoms with van der Waals surface area (Å²) in [6, 6.07) is 0.457. The molecule has 1 heterocycles. The van der Waals surface area contributed by atoms with Crippen LogP contribution in [0, 0.1) is 11.8 Å². The summed E-state index contributed by atoms with van der Waals surface area (Å²) in [5.41, 5.74) is 0. The zero-order valence-corrected chi connectivity index (χ0v) is 8.90. The van der Waals surface area contributed by atoms with Crippen molar-refractivity contribution in [3.8, 4) is 0 Å². The first kappa shape index (κ1) is 9.38. The SMILES string of the molecule is C[C@H]1C[C@@H]1C(=O)NC1CCCSC1. The molecule has 3 heteroatoms. The summed E-state index contributed by atoms with van der Waals surface area (Å²) in [6.07, 6.45) is 3.54. The minimum Gasteiger partial charge on any atom is -0.352 e. The Balaban J connectivity index is 1.73. The molecule has 3 atom stereocenters. The molecule has 2 fully saturated rings. The third-order valence-electron chi connectivity index (χ3n) is 2.95. The van der Waals surface area contributed by atoms with E-state index >= 15 is 0 Å².